The SMILES string of the molecule is CC1(C)[C@H](C=CC(=O)O)[C@@]1(C(=O)O)[C@@H](C#N)c1cccc(Oc2ccccc2)c1. The highest BCUT2D eigenvalue weighted by Gasteiger charge is 2.78. The first-order valence-corrected chi connectivity index (χ1v) is 9.12. The summed E-state index contributed by atoms with van der Waals surface area (Å²) in [6.07, 6.45) is 2.32. The summed E-state index contributed by atoms with van der Waals surface area (Å²) in [7, 11) is 0. The minimum absolute atomic E-state index is 0.491. The van der Waals surface area contributed by atoms with Crippen molar-refractivity contribution in [3.8, 4) is 17.6 Å². The highest BCUT2D eigenvalue weighted by molar-refractivity contribution is 5.85. The van der Waals surface area contributed by atoms with Gasteiger partial charge in [0.1, 0.15) is 16.9 Å². The standard InChI is InChI=1S/C23H21NO5/c1-22(2)19(11-12-20(25)26)23(22,21(27)28)18(14-24)15-7-6-10-17(13-15)29-16-8-4-3-5-9-16/h3-13,18-19H,1-2H3,(H,25,26)(H,27,28)/t18-,19-,23+/m0/s1. The Morgan fingerprint density at radius 3 is 2.34 bits per heavy atom. The Balaban J connectivity index is 2.00. The number of rotatable bonds is 7. The maximum absolute atomic E-state index is 12.3. The lowest BCUT2D eigenvalue weighted by Crippen LogP contribution is -2.28. The molecule has 6 nitrogen and oxygen atoms in total. The number of carboxylic acids is 2. The van der Waals surface area contributed by atoms with E-state index in [1.54, 1.807) is 50.2 Å². The van der Waals surface area contributed by atoms with E-state index in [-0.39, 0.29) is 0 Å². The average molecular weight is 391 g/mol. The second kappa shape index (κ2) is 7.44. The number of carboxylic acid groups (broad SMARTS) is 2. The van der Waals surface area contributed by atoms with E-state index in [0.29, 0.717) is 17.1 Å². The fourth-order valence-corrected chi connectivity index (χ4v) is 4.31. The molecular formula is C23H21NO5. The van der Waals surface area contributed by atoms with Crippen LogP contribution in [0.15, 0.2) is 66.7 Å². The number of allylic oxidation sites excluding steroid dienone is 1. The molecule has 2 N–H and O–H groups in total. The van der Waals surface area contributed by atoms with Crippen molar-refractivity contribution >= 4 is 11.9 Å². The lowest BCUT2D eigenvalue weighted by Gasteiger charge is -2.22. The molecule has 3 rings (SSSR count). The quantitative estimate of drug-likeness (QED) is 0.675. The molecule has 0 aliphatic heterocycles. The fraction of sp³-hybridized carbons (Fsp3) is 0.261. The summed E-state index contributed by atoms with van der Waals surface area (Å²) in [5, 5.41) is 28.9. The number of carbonyl (C=O) groups is 2. The lowest BCUT2D eigenvalue weighted by molar-refractivity contribution is -0.145. The van der Waals surface area contributed by atoms with E-state index in [1.807, 2.05) is 18.2 Å². The molecule has 0 spiro atoms. The Morgan fingerprint density at radius 1 is 1.10 bits per heavy atom. The largest absolute Gasteiger partial charge is 0.481 e. The smallest absolute Gasteiger partial charge is 0.327 e. The van der Waals surface area contributed by atoms with Crippen LogP contribution in [0.2, 0.25) is 0 Å². The molecule has 0 amide bonds. The van der Waals surface area contributed by atoms with Crippen molar-refractivity contribution in [2.75, 3.05) is 0 Å². The van der Waals surface area contributed by atoms with Crippen LogP contribution in [-0.4, -0.2) is 22.2 Å². The minimum atomic E-state index is -1.43. The van der Waals surface area contributed by atoms with Crippen LogP contribution in [0.1, 0.15) is 25.3 Å². The van der Waals surface area contributed by atoms with Gasteiger partial charge in [0.15, 0.2) is 0 Å². The molecule has 0 heterocycles. The van der Waals surface area contributed by atoms with Gasteiger partial charge in [0.2, 0.25) is 0 Å². The van der Waals surface area contributed by atoms with Gasteiger partial charge in [-0.1, -0.05) is 50.3 Å². The number of para-hydroxylation sites is 1. The van der Waals surface area contributed by atoms with Crippen molar-refractivity contribution < 1.29 is 24.5 Å². The Kier molecular flexibility index (Phi) is 5.17. The summed E-state index contributed by atoms with van der Waals surface area (Å²) in [4.78, 5) is 23.3. The molecule has 2 aromatic carbocycles. The molecule has 0 radical (unpaired) electrons. The lowest BCUT2D eigenvalue weighted by atomic mass is 9.78. The average Bonchev–Trinajstić information content (AvgIpc) is 3.17. The maximum atomic E-state index is 12.3. The number of aliphatic carboxylic acids is 2. The molecule has 2 aromatic rings. The van der Waals surface area contributed by atoms with Crippen LogP contribution in [0, 0.1) is 28.1 Å². The van der Waals surface area contributed by atoms with E-state index in [0.717, 1.165) is 6.08 Å². The molecule has 6 heteroatoms. The monoisotopic (exact) mass is 391 g/mol. The van der Waals surface area contributed by atoms with Crippen molar-refractivity contribution in [1.82, 2.24) is 0 Å². The summed E-state index contributed by atoms with van der Waals surface area (Å²) in [5.41, 5.74) is -1.71. The van der Waals surface area contributed by atoms with E-state index < -0.39 is 34.6 Å². The third-order valence-electron chi connectivity index (χ3n) is 5.79. The van der Waals surface area contributed by atoms with E-state index >= 15 is 0 Å². The van der Waals surface area contributed by atoms with Gasteiger partial charge in [-0.3, -0.25) is 4.79 Å². The first-order chi connectivity index (χ1) is 13.7. The highest BCUT2D eigenvalue weighted by atomic mass is 16.5. The molecule has 1 fully saturated rings. The predicted octanol–water partition coefficient (Wildman–Crippen LogP) is 4.45. The molecule has 0 unspecified atom stereocenters. The summed E-state index contributed by atoms with van der Waals surface area (Å²) in [5.74, 6) is -2.72. The van der Waals surface area contributed by atoms with Gasteiger partial charge >= 0.3 is 11.9 Å². The second-order valence-electron chi connectivity index (χ2n) is 7.62. The molecule has 1 aliphatic carbocycles. The van der Waals surface area contributed by atoms with E-state index in [1.165, 1.54) is 6.08 Å². The van der Waals surface area contributed by atoms with E-state index in [2.05, 4.69) is 6.07 Å². The van der Waals surface area contributed by atoms with Crippen LogP contribution in [-0.2, 0) is 9.59 Å². The molecule has 29 heavy (non-hydrogen) atoms. The Labute approximate surface area is 168 Å². The van der Waals surface area contributed by atoms with Crippen molar-refractivity contribution in [3.63, 3.8) is 0 Å². The van der Waals surface area contributed by atoms with Gasteiger partial charge in [0.25, 0.3) is 0 Å². The molecule has 1 aliphatic rings. The van der Waals surface area contributed by atoms with Crippen LogP contribution >= 0.6 is 0 Å². The first kappa shape index (κ1) is 20.2. The Hall–Kier alpha value is -3.59. The Morgan fingerprint density at radius 2 is 1.76 bits per heavy atom. The van der Waals surface area contributed by atoms with E-state index in [9.17, 15) is 20.0 Å². The topological polar surface area (TPSA) is 108 Å². The zero-order valence-electron chi connectivity index (χ0n) is 16.1. The number of nitrogens with zero attached hydrogens (tertiary/aromatic N) is 1. The predicted molar refractivity (Wildman–Crippen MR) is 105 cm³/mol. The third-order valence-corrected chi connectivity index (χ3v) is 5.79. The van der Waals surface area contributed by atoms with Crippen molar-refractivity contribution in [2.45, 2.75) is 19.8 Å². The molecule has 1 saturated carbocycles. The molecule has 3 atom stereocenters. The second-order valence-corrected chi connectivity index (χ2v) is 7.62. The number of benzene rings is 2. The van der Waals surface area contributed by atoms with Gasteiger partial charge < -0.3 is 14.9 Å². The summed E-state index contributed by atoms with van der Waals surface area (Å²) in [6, 6.07) is 18.1. The van der Waals surface area contributed by atoms with E-state index in [4.69, 9.17) is 9.84 Å². The van der Waals surface area contributed by atoms with Crippen molar-refractivity contribution in [1.29, 1.82) is 5.26 Å². The molecular weight excluding hydrogens is 370 g/mol. The molecule has 0 saturated heterocycles. The van der Waals surface area contributed by atoms with Crippen LogP contribution in [0.25, 0.3) is 0 Å². The summed E-state index contributed by atoms with van der Waals surface area (Å²) >= 11 is 0. The number of hydrogen-bond donors (Lipinski definition) is 2. The van der Waals surface area contributed by atoms with Crippen molar-refractivity contribution in [3.05, 3.63) is 72.3 Å². The van der Waals surface area contributed by atoms with Crippen LogP contribution < -0.4 is 4.74 Å². The summed E-state index contributed by atoms with van der Waals surface area (Å²) < 4.78 is 5.82. The number of ether oxygens (including phenoxy) is 1. The van der Waals surface area contributed by atoms with Gasteiger partial charge in [-0.05, 0) is 35.2 Å². The minimum Gasteiger partial charge on any atom is -0.481 e. The number of hydrogen-bond acceptors (Lipinski definition) is 4. The Bertz CT molecular complexity index is 1010. The molecule has 0 bridgehead atoms. The van der Waals surface area contributed by atoms with Gasteiger partial charge in [-0.15, -0.1) is 0 Å². The molecule has 148 valence electrons. The van der Waals surface area contributed by atoms with Crippen LogP contribution in [0.3, 0.4) is 0 Å². The van der Waals surface area contributed by atoms with Gasteiger partial charge in [0, 0.05) is 12.0 Å². The number of nitriles is 1. The third kappa shape index (κ3) is 3.36. The van der Waals surface area contributed by atoms with Crippen LogP contribution in [0.4, 0.5) is 0 Å². The molecule has 0 aromatic heterocycles. The van der Waals surface area contributed by atoms with Crippen molar-refractivity contribution in [2.24, 2.45) is 16.7 Å². The van der Waals surface area contributed by atoms with Gasteiger partial charge in [-0.2, -0.15) is 5.26 Å². The summed E-state index contributed by atoms with van der Waals surface area (Å²) in [6.45, 7) is 3.49. The van der Waals surface area contributed by atoms with Crippen LogP contribution in [0.5, 0.6) is 11.5 Å². The fourth-order valence-electron chi connectivity index (χ4n) is 4.31. The highest BCUT2D eigenvalue weighted by Crippen LogP contribution is 2.75. The van der Waals surface area contributed by atoms with Gasteiger partial charge in [-0.25, -0.2) is 4.79 Å². The zero-order chi connectivity index (χ0) is 21.2. The van der Waals surface area contributed by atoms with Gasteiger partial charge in [0.05, 0.1) is 12.0 Å². The normalized spacial score (nSPS) is 23.1. The maximum Gasteiger partial charge on any atom is 0.327 e. The zero-order valence-corrected chi connectivity index (χ0v) is 16.1. The first-order valence-electron chi connectivity index (χ1n) is 9.12.